The molecule has 40 heavy (non-hydrogen) atoms. The van der Waals surface area contributed by atoms with E-state index in [-0.39, 0.29) is 28.2 Å². The quantitative estimate of drug-likeness (QED) is 0.181. The maximum atomic E-state index is 14.3. The van der Waals surface area contributed by atoms with Gasteiger partial charge in [-0.3, -0.25) is 9.59 Å². The lowest BCUT2D eigenvalue weighted by Gasteiger charge is -2.25. The first-order valence-electron chi connectivity index (χ1n) is 13.4. The number of carboxylic acids is 1. The molecular weight excluding hydrogens is 515 g/mol. The van der Waals surface area contributed by atoms with Gasteiger partial charge in [0.05, 0.1) is 28.0 Å². The molecule has 0 atom stereocenters. The smallest absolute Gasteiger partial charge is 0.337 e. The Bertz CT molecular complexity index is 1460. The number of aromatic nitrogens is 1. The summed E-state index contributed by atoms with van der Waals surface area (Å²) in [6.07, 6.45) is 3.63. The number of hydrogen-bond donors (Lipinski definition) is 4. The second-order valence-corrected chi connectivity index (χ2v) is 9.92. The fourth-order valence-corrected chi connectivity index (χ4v) is 5.00. The van der Waals surface area contributed by atoms with Crippen LogP contribution in [0.25, 0.3) is 10.9 Å². The number of amides is 2. The van der Waals surface area contributed by atoms with E-state index in [0.29, 0.717) is 48.2 Å². The second-order valence-electron chi connectivity index (χ2n) is 9.92. The number of unbranched alkanes of at least 4 members (excludes halogenated alkanes) is 2. The largest absolute Gasteiger partial charge is 0.478 e. The van der Waals surface area contributed by atoms with Gasteiger partial charge in [0.2, 0.25) is 0 Å². The van der Waals surface area contributed by atoms with Crippen molar-refractivity contribution in [1.29, 1.82) is 0 Å². The molecule has 212 valence electrons. The van der Waals surface area contributed by atoms with Gasteiger partial charge >= 0.3 is 5.97 Å². The van der Waals surface area contributed by atoms with Gasteiger partial charge in [-0.2, -0.15) is 0 Å². The van der Waals surface area contributed by atoms with Gasteiger partial charge in [0.1, 0.15) is 11.5 Å². The number of pyridine rings is 1. The zero-order valence-corrected chi connectivity index (χ0v) is 23.0. The van der Waals surface area contributed by atoms with E-state index >= 15 is 0 Å². The van der Waals surface area contributed by atoms with Crippen molar-refractivity contribution in [1.82, 2.24) is 9.88 Å². The number of carbonyl (C=O) groups excluding carboxylic acids is 2. The summed E-state index contributed by atoms with van der Waals surface area (Å²) < 4.78 is 14.3. The van der Waals surface area contributed by atoms with Crippen LogP contribution < -0.4 is 21.3 Å². The minimum atomic E-state index is -1.28. The number of hydrogen-bond acceptors (Lipinski definition) is 8. The summed E-state index contributed by atoms with van der Waals surface area (Å²) in [6.45, 7) is 3.95. The summed E-state index contributed by atoms with van der Waals surface area (Å²) in [4.78, 5) is 47.8. The molecule has 0 saturated carbocycles. The number of nitrogens with two attached hydrogens (primary N) is 1. The predicted octanol–water partition coefficient (Wildman–Crippen LogP) is 4.30. The van der Waals surface area contributed by atoms with Gasteiger partial charge < -0.3 is 26.4 Å². The molecule has 2 heterocycles. The predicted molar refractivity (Wildman–Crippen MR) is 154 cm³/mol. The SMILES string of the molecule is CCCCCN(C)Cc1cc(NC)cc(C(=O)O)c1N1C(=O)c2nc3ccc(F)cc3c(NCCCN)c2C1=O. The Hall–Kier alpha value is -4.09. The summed E-state index contributed by atoms with van der Waals surface area (Å²) in [5.41, 5.74) is 6.98. The zero-order chi connectivity index (χ0) is 29.0. The third-order valence-electron chi connectivity index (χ3n) is 6.97. The molecule has 5 N–H and O–H groups in total. The third kappa shape index (κ3) is 5.61. The van der Waals surface area contributed by atoms with Crippen molar-refractivity contribution < 1.29 is 23.9 Å². The van der Waals surface area contributed by atoms with Crippen molar-refractivity contribution in [2.75, 3.05) is 49.3 Å². The van der Waals surface area contributed by atoms with E-state index < -0.39 is 23.6 Å². The molecule has 0 fully saturated rings. The first kappa shape index (κ1) is 28.9. The van der Waals surface area contributed by atoms with Crippen molar-refractivity contribution >= 4 is 45.7 Å². The van der Waals surface area contributed by atoms with Crippen LogP contribution in [-0.2, 0) is 6.54 Å². The zero-order valence-electron chi connectivity index (χ0n) is 23.0. The van der Waals surface area contributed by atoms with Crippen molar-refractivity contribution in [3.05, 3.63) is 58.5 Å². The van der Waals surface area contributed by atoms with Crippen LogP contribution in [-0.4, -0.2) is 66.5 Å². The molecule has 0 saturated heterocycles. The Balaban J connectivity index is 1.89. The minimum absolute atomic E-state index is 0.00462. The molecule has 2 amide bonds. The first-order valence-corrected chi connectivity index (χ1v) is 13.4. The van der Waals surface area contributed by atoms with Gasteiger partial charge in [-0.05, 0) is 68.9 Å². The average molecular weight is 551 g/mol. The molecule has 0 aliphatic carbocycles. The van der Waals surface area contributed by atoms with E-state index in [4.69, 9.17) is 5.73 Å². The standard InChI is InChI=1S/C29H35FN6O4/c1-4-5-6-12-35(3)16-17-13-19(32-2)15-21(29(39)40)26(17)36-27(37)23-24(33-11-7-10-31)20-14-18(30)8-9-22(20)34-25(23)28(36)38/h8-9,13-15,32H,4-7,10-12,16,31H2,1-3H3,(H,33,34)(H,39,40). The van der Waals surface area contributed by atoms with Gasteiger partial charge in [-0.1, -0.05) is 19.8 Å². The number of carboxylic acid groups (broad SMARTS) is 1. The number of halogens is 1. The number of nitrogens with one attached hydrogen (secondary N) is 2. The Morgan fingerprint density at radius 3 is 2.60 bits per heavy atom. The highest BCUT2D eigenvalue weighted by Gasteiger charge is 2.43. The van der Waals surface area contributed by atoms with Gasteiger partial charge in [0, 0.05) is 31.2 Å². The lowest BCUT2D eigenvalue weighted by molar-refractivity contribution is 0.0697. The van der Waals surface area contributed by atoms with Crippen LogP contribution in [0.5, 0.6) is 0 Å². The van der Waals surface area contributed by atoms with E-state index in [0.717, 1.165) is 30.7 Å². The van der Waals surface area contributed by atoms with Crippen LogP contribution in [0, 0.1) is 5.82 Å². The van der Waals surface area contributed by atoms with Gasteiger partial charge in [0.15, 0.2) is 0 Å². The topological polar surface area (TPSA) is 141 Å². The molecule has 1 aromatic heterocycles. The normalized spacial score (nSPS) is 12.9. The highest BCUT2D eigenvalue weighted by atomic mass is 19.1. The molecule has 1 aliphatic rings. The van der Waals surface area contributed by atoms with Crippen LogP contribution in [0.15, 0.2) is 30.3 Å². The van der Waals surface area contributed by atoms with Crippen LogP contribution in [0.4, 0.5) is 21.5 Å². The molecule has 0 spiro atoms. The maximum absolute atomic E-state index is 14.3. The van der Waals surface area contributed by atoms with Crippen LogP contribution in [0.1, 0.15) is 69.4 Å². The minimum Gasteiger partial charge on any atom is -0.478 e. The summed E-state index contributed by atoms with van der Waals surface area (Å²) in [5.74, 6) is -3.25. The average Bonchev–Trinajstić information content (AvgIpc) is 3.17. The number of fused-ring (bicyclic) bond motifs is 2. The molecule has 0 radical (unpaired) electrons. The summed E-state index contributed by atoms with van der Waals surface area (Å²) in [7, 11) is 3.59. The molecular formula is C29H35FN6O4. The number of rotatable bonds is 13. The highest BCUT2D eigenvalue weighted by molar-refractivity contribution is 6.37. The second kappa shape index (κ2) is 12.4. The first-order chi connectivity index (χ1) is 19.2. The van der Waals surface area contributed by atoms with E-state index in [1.54, 1.807) is 13.1 Å². The molecule has 10 nitrogen and oxygen atoms in total. The fourth-order valence-electron chi connectivity index (χ4n) is 5.00. The number of aromatic carboxylic acids is 1. The van der Waals surface area contributed by atoms with Crippen molar-refractivity contribution in [2.45, 2.75) is 39.2 Å². The maximum Gasteiger partial charge on any atom is 0.337 e. The third-order valence-corrected chi connectivity index (χ3v) is 6.97. The Morgan fingerprint density at radius 1 is 1.15 bits per heavy atom. The van der Waals surface area contributed by atoms with E-state index in [1.807, 2.05) is 11.9 Å². The van der Waals surface area contributed by atoms with E-state index in [9.17, 15) is 23.9 Å². The Kier molecular flexibility index (Phi) is 8.96. The van der Waals surface area contributed by atoms with Gasteiger partial charge in [-0.15, -0.1) is 0 Å². The van der Waals surface area contributed by atoms with Gasteiger partial charge in [-0.25, -0.2) is 19.1 Å². The van der Waals surface area contributed by atoms with Crippen LogP contribution in [0.3, 0.4) is 0 Å². The number of anilines is 3. The van der Waals surface area contributed by atoms with Gasteiger partial charge in [0.25, 0.3) is 11.8 Å². The monoisotopic (exact) mass is 550 g/mol. The Labute approximate surface area is 232 Å². The lowest BCUT2D eigenvalue weighted by atomic mass is 10.0. The van der Waals surface area contributed by atoms with Crippen molar-refractivity contribution in [2.24, 2.45) is 5.73 Å². The van der Waals surface area contributed by atoms with Crippen molar-refractivity contribution in [3.63, 3.8) is 0 Å². The molecule has 11 heteroatoms. The molecule has 0 bridgehead atoms. The molecule has 0 unspecified atom stereocenters. The van der Waals surface area contributed by atoms with E-state index in [2.05, 4.69) is 22.5 Å². The fraction of sp³-hybridized carbons (Fsp3) is 0.379. The van der Waals surface area contributed by atoms with Crippen LogP contribution >= 0.6 is 0 Å². The summed E-state index contributed by atoms with van der Waals surface area (Å²) >= 11 is 0. The number of imide groups is 1. The lowest BCUT2D eigenvalue weighted by Crippen LogP contribution is -2.33. The van der Waals surface area contributed by atoms with Crippen molar-refractivity contribution in [3.8, 4) is 0 Å². The number of carbonyl (C=O) groups is 3. The van der Waals surface area contributed by atoms with E-state index in [1.165, 1.54) is 24.3 Å². The highest BCUT2D eigenvalue weighted by Crippen LogP contribution is 2.40. The summed E-state index contributed by atoms with van der Waals surface area (Å²) in [5, 5.41) is 16.6. The van der Waals surface area contributed by atoms with Crippen LogP contribution in [0.2, 0.25) is 0 Å². The molecule has 1 aliphatic heterocycles. The number of benzene rings is 2. The molecule has 2 aromatic carbocycles. The number of nitrogens with zero attached hydrogens (tertiary/aromatic N) is 3. The molecule has 3 aromatic rings. The Morgan fingerprint density at radius 2 is 1.93 bits per heavy atom. The summed E-state index contributed by atoms with van der Waals surface area (Å²) in [6, 6.07) is 7.09. The molecule has 4 rings (SSSR count).